The zero-order chi connectivity index (χ0) is 13.1. The number of carbonyl (C=O) groups excluding carboxylic acids is 2. The van der Waals surface area contributed by atoms with Crippen LogP contribution in [0.5, 0.6) is 0 Å². The summed E-state index contributed by atoms with van der Waals surface area (Å²) in [5.74, 6) is 0.258. The zero-order valence-electron chi connectivity index (χ0n) is 11.2. The quantitative estimate of drug-likeness (QED) is 0.826. The molecule has 0 saturated heterocycles. The lowest BCUT2D eigenvalue weighted by molar-refractivity contribution is -0.124. The van der Waals surface area contributed by atoms with Crippen LogP contribution in [0.25, 0.3) is 0 Å². The molecule has 1 rings (SSSR count). The molecule has 1 saturated carbocycles. The van der Waals surface area contributed by atoms with Crippen molar-refractivity contribution in [2.45, 2.75) is 65.0 Å². The highest BCUT2D eigenvalue weighted by molar-refractivity contribution is 5.89. The van der Waals surface area contributed by atoms with Crippen molar-refractivity contribution < 1.29 is 14.3 Å². The summed E-state index contributed by atoms with van der Waals surface area (Å²) < 4.78 is 5.12. The van der Waals surface area contributed by atoms with E-state index in [1.165, 1.54) is 0 Å². The Bertz CT molecular complexity index is 288. The van der Waals surface area contributed by atoms with Crippen molar-refractivity contribution in [3.63, 3.8) is 0 Å². The fourth-order valence-corrected chi connectivity index (χ4v) is 2.12. The molecule has 1 aliphatic carbocycles. The Morgan fingerprint density at radius 1 is 1.24 bits per heavy atom. The Kier molecular flexibility index (Phi) is 4.54. The van der Waals surface area contributed by atoms with E-state index in [1.807, 2.05) is 0 Å². The van der Waals surface area contributed by atoms with Gasteiger partial charge >= 0.3 is 6.09 Å². The Morgan fingerprint density at radius 3 is 2.24 bits per heavy atom. The SMILES string of the molecule is C[C@@H](NC(=O)OC(C)(C)C)C(=O)C1CCCC1. The normalized spacial score (nSPS) is 18.8. The van der Waals surface area contributed by atoms with Gasteiger partial charge in [-0.2, -0.15) is 0 Å². The van der Waals surface area contributed by atoms with E-state index in [2.05, 4.69) is 5.32 Å². The third-order valence-electron chi connectivity index (χ3n) is 2.92. The number of nitrogens with one attached hydrogen (secondary N) is 1. The first-order valence-electron chi connectivity index (χ1n) is 6.33. The smallest absolute Gasteiger partial charge is 0.408 e. The van der Waals surface area contributed by atoms with Gasteiger partial charge in [0.25, 0.3) is 0 Å². The second-order valence-electron chi connectivity index (χ2n) is 5.75. The second kappa shape index (κ2) is 5.52. The molecule has 1 N–H and O–H groups in total. The molecule has 0 aromatic heterocycles. The Labute approximate surface area is 103 Å². The van der Waals surface area contributed by atoms with Crippen molar-refractivity contribution in [1.82, 2.24) is 5.32 Å². The molecule has 4 nitrogen and oxygen atoms in total. The zero-order valence-corrected chi connectivity index (χ0v) is 11.2. The predicted molar refractivity (Wildman–Crippen MR) is 65.8 cm³/mol. The molecule has 1 amide bonds. The summed E-state index contributed by atoms with van der Waals surface area (Å²) in [6.45, 7) is 7.13. The van der Waals surface area contributed by atoms with Crippen LogP contribution in [0, 0.1) is 5.92 Å². The highest BCUT2D eigenvalue weighted by Gasteiger charge is 2.28. The molecule has 0 unspecified atom stereocenters. The summed E-state index contributed by atoms with van der Waals surface area (Å²) in [5, 5.41) is 2.60. The fraction of sp³-hybridized carbons (Fsp3) is 0.846. The highest BCUT2D eigenvalue weighted by atomic mass is 16.6. The average Bonchev–Trinajstić information content (AvgIpc) is 2.65. The van der Waals surface area contributed by atoms with Crippen LogP contribution in [0.1, 0.15) is 53.4 Å². The molecule has 1 aliphatic rings. The van der Waals surface area contributed by atoms with Gasteiger partial charge in [0.1, 0.15) is 5.60 Å². The number of rotatable bonds is 3. The van der Waals surface area contributed by atoms with Crippen LogP contribution in [0.4, 0.5) is 4.79 Å². The number of carbonyl (C=O) groups is 2. The molecule has 0 aromatic rings. The number of amides is 1. The van der Waals surface area contributed by atoms with Crippen LogP contribution in [0.15, 0.2) is 0 Å². The van der Waals surface area contributed by atoms with Gasteiger partial charge in [0.15, 0.2) is 5.78 Å². The number of alkyl carbamates (subject to hydrolysis) is 1. The van der Waals surface area contributed by atoms with Crippen molar-refractivity contribution in [1.29, 1.82) is 0 Å². The summed E-state index contributed by atoms with van der Waals surface area (Å²) >= 11 is 0. The minimum absolute atomic E-state index is 0.125. The highest BCUT2D eigenvalue weighted by Crippen LogP contribution is 2.26. The number of hydrogen-bond donors (Lipinski definition) is 1. The van der Waals surface area contributed by atoms with Crippen molar-refractivity contribution in [2.24, 2.45) is 5.92 Å². The molecule has 4 heteroatoms. The van der Waals surface area contributed by atoms with E-state index < -0.39 is 17.7 Å². The standard InChI is InChI=1S/C13H23NO3/c1-9(11(15)10-7-5-6-8-10)14-12(16)17-13(2,3)4/h9-10H,5-8H2,1-4H3,(H,14,16)/t9-/m1/s1. The van der Waals surface area contributed by atoms with Crippen molar-refractivity contribution in [3.8, 4) is 0 Å². The van der Waals surface area contributed by atoms with Crippen LogP contribution in [0.3, 0.4) is 0 Å². The van der Waals surface area contributed by atoms with Gasteiger partial charge in [-0.05, 0) is 40.5 Å². The summed E-state index contributed by atoms with van der Waals surface area (Å²) in [7, 11) is 0. The summed E-state index contributed by atoms with van der Waals surface area (Å²) in [6, 6.07) is -0.451. The molecule has 0 heterocycles. The summed E-state index contributed by atoms with van der Waals surface area (Å²) in [6.07, 6.45) is 3.64. The molecule has 0 radical (unpaired) electrons. The molecule has 0 aliphatic heterocycles. The molecule has 0 bridgehead atoms. The molecule has 0 spiro atoms. The van der Waals surface area contributed by atoms with Gasteiger partial charge in [0.05, 0.1) is 6.04 Å². The van der Waals surface area contributed by atoms with E-state index in [-0.39, 0.29) is 11.7 Å². The Hall–Kier alpha value is -1.06. The van der Waals surface area contributed by atoms with Crippen LogP contribution in [-0.4, -0.2) is 23.5 Å². The second-order valence-corrected chi connectivity index (χ2v) is 5.75. The number of ether oxygens (including phenoxy) is 1. The van der Waals surface area contributed by atoms with Crippen molar-refractivity contribution >= 4 is 11.9 Å². The minimum Gasteiger partial charge on any atom is -0.444 e. The molecule has 98 valence electrons. The number of hydrogen-bond acceptors (Lipinski definition) is 3. The van der Waals surface area contributed by atoms with Gasteiger partial charge in [-0.15, -0.1) is 0 Å². The molecule has 17 heavy (non-hydrogen) atoms. The van der Waals surface area contributed by atoms with E-state index >= 15 is 0 Å². The minimum atomic E-state index is -0.528. The predicted octanol–water partition coefficient (Wildman–Crippen LogP) is 2.66. The monoisotopic (exact) mass is 241 g/mol. The van der Waals surface area contributed by atoms with Crippen LogP contribution >= 0.6 is 0 Å². The van der Waals surface area contributed by atoms with Gasteiger partial charge in [0.2, 0.25) is 0 Å². The topological polar surface area (TPSA) is 55.4 Å². The largest absolute Gasteiger partial charge is 0.444 e. The third-order valence-corrected chi connectivity index (χ3v) is 2.92. The lowest BCUT2D eigenvalue weighted by Gasteiger charge is -2.22. The molecular formula is C13H23NO3. The Balaban J connectivity index is 2.40. The maximum Gasteiger partial charge on any atom is 0.408 e. The van der Waals surface area contributed by atoms with Gasteiger partial charge in [-0.3, -0.25) is 4.79 Å². The van der Waals surface area contributed by atoms with E-state index in [4.69, 9.17) is 4.74 Å². The van der Waals surface area contributed by atoms with E-state index in [9.17, 15) is 9.59 Å². The van der Waals surface area contributed by atoms with Crippen LogP contribution < -0.4 is 5.32 Å². The number of Topliss-reactive ketones (excluding diaryl/α,β-unsaturated/α-hetero) is 1. The summed E-state index contributed by atoms with van der Waals surface area (Å²) in [4.78, 5) is 23.5. The lowest BCUT2D eigenvalue weighted by atomic mass is 9.98. The van der Waals surface area contributed by atoms with E-state index in [1.54, 1.807) is 27.7 Å². The lowest BCUT2D eigenvalue weighted by Crippen LogP contribution is -2.43. The Morgan fingerprint density at radius 2 is 1.76 bits per heavy atom. The van der Waals surface area contributed by atoms with E-state index in [0.717, 1.165) is 25.7 Å². The maximum absolute atomic E-state index is 12.0. The maximum atomic E-state index is 12.0. The van der Waals surface area contributed by atoms with Crippen LogP contribution in [-0.2, 0) is 9.53 Å². The summed E-state index contributed by atoms with van der Waals surface area (Å²) in [5.41, 5.74) is -0.528. The average molecular weight is 241 g/mol. The van der Waals surface area contributed by atoms with Crippen molar-refractivity contribution in [2.75, 3.05) is 0 Å². The van der Waals surface area contributed by atoms with Crippen LogP contribution in [0.2, 0.25) is 0 Å². The first-order chi connectivity index (χ1) is 7.79. The molecule has 1 atom stereocenters. The molecule has 0 aromatic carbocycles. The first kappa shape index (κ1) is 14.0. The molecular weight excluding hydrogens is 218 g/mol. The fourth-order valence-electron chi connectivity index (χ4n) is 2.12. The van der Waals surface area contributed by atoms with Gasteiger partial charge < -0.3 is 10.1 Å². The number of ketones is 1. The first-order valence-corrected chi connectivity index (χ1v) is 6.33. The van der Waals surface area contributed by atoms with Gasteiger partial charge in [0, 0.05) is 5.92 Å². The van der Waals surface area contributed by atoms with E-state index in [0.29, 0.717) is 0 Å². The van der Waals surface area contributed by atoms with Gasteiger partial charge in [-0.25, -0.2) is 4.79 Å². The van der Waals surface area contributed by atoms with Crippen molar-refractivity contribution in [3.05, 3.63) is 0 Å². The third kappa shape index (κ3) is 4.75. The molecule has 1 fully saturated rings. The van der Waals surface area contributed by atoms with Gasteiger partial charge in [-0.1, -0.05) is 12.8 Å².